The lowest BCUT2D eigenvalue weighted by atomic mass is 9.98. The van der Waals surface area contributed by atoms with Crippen molar-refractivity contribution in [3.63, 3.8) is 0 Å². The number of rotatable bonds is 8. The molecule has 0 spiro atoms. The van der Waals surface area contributed by atoms with Gasteiger partial charge in [0.25, 0.3) is 0 Å². The first-order valence-corrected chi connectivity index (χ1v) is 8.56. The molecule has 1 aromatic rings. The van der Waals surface area contributed by atoms with Gasteiger partial charge in [0.2, 0.25) is 0 Å². The van der Waals surface area contributed by atoms with Crippen molar-refractivity contribution in [1.82, 2.24) is 15.5 Å². The summed E-state index contributed by atoms with van der Waals surface area (Å²) in [6.07, 6.45) is 1.05. The van der Waals surface area contributed by atoms with Crippen LogP contribution in [0, 0.1) is 0 Å². The molecular weight excluding hydrogens is 427 g/mol. The van der Waals surface area contributed by atoms with Crippen LogP contribution in [0.5, 0.6) is 5.75 Å². The van der Waals surface area contributed by atoms with Gasteiger partial charge in [0, 0.05) is 25.7 Å². The minimum Gasteiger partial charge on any atom is -0.497 e. The van der Waals surface area contributed by atoms with Gasteiger partial charge in [-0.2, -0.15) is 0 Å². The third-order valence-corrected chi connectivity index (χ3v) is 4.68. The molecule has 144 valence electrons. The van der Waals surface area contributed by atoms with Gasteiger partial charge in [0.15, 0.2) is 5.96 Å². The van der Waals surface area contributed by atoms with E-state index in [9.17, 15) is 0 Å². The molecule has 1 unspecified atom stereocenters. The molecular formula is C19H35IN4O. The molecule has 0 amide bonds. The third-order valence-electron chi connectivity index (χ3n) is 4.68. The average molecular weight is 462 g/mol. The molecule has 0 saturated carbocycles. The van der Waals surface area contributed by atoms with Gasteiger partial charge < -0.3 is 20.3 Å². The zero-order valence-electron chi connectivity index (χ0n) is 16.7. The first-order chi connectivity index (χ1) is 11.3. The summed E-state index contributed by atoms with van der Waals surface area (Å²) >= 11 is 0. The molecule has 0 heterocycles. The van der Waals surface area contributed by atoms with Crippen LogP contribution in [0.3, 0.4) is 0 Å². The van der Waals surface area contributed by atoms with Gasteiger partial charge >= 0.3 is 0 Å². The van der Waals surface area contributed by atoms with Gasteiger partial charge in [-0.15, -0.1) is 24.0 Å². The van der Waals surface area contributed by atoms with Crippen LogP contribution in [-0.4, -0.2) is 57.7 Å². The van der Waals surface area contributed by atoms with Gasteiger partial charge in [0.05, 0.1) is 7.11 Å². The number of halogens is 1. The van der Waals surface area contributed by atoms with E-state index in [0.29, 0.717) is 5.92 Å². The smallest absolute Gasteiger partial charge is 0.191 e. The van der Waals surface area contributed by atoms with Gasteiger partial charge in [-0.25, -0.2) is 0 Å². The molecule has 0 aliphatic heterocycles. The Morgan fingerprint density at radius 2 is 1.80 bits per heavy atom. The van der Waals surface area contributed by atoms with Crippen LogP contribution in [0.25, 0.3) is 0 Å². The molecule has 1 rings (SSSR count). The van der Waals surface area contributed by atoms with Crippen molar-refractivity contribution in [2.45, 2.75) is 38.6 Å². The number of hydrogen-bond acceptors (Lipinski definition) is 3. The van der Waals surface area contributed by atoms with E-state index in [1.165, 1.54) is 5.56 Å². The van der Waals surface area contributed by atoms with Crippen LogP contribution < -0.4 is 15.4 Å². The Bertz CT molecular complexity index is 515. The molecule has 0 aromatic heterocycles. The predicted molar refractivity (Wildman–Crippen MR) is 119 cm³/mol. The Morgan fingerprint density at radius 1 is 1.20 bits per heavy atom. The minimum absolute atomic E-state index is 0. The topological polar surface area (TPSA) is 48.9 Å². The number of guanidine groups is 1. The van der Waals surface area contributed by atoms with Crippen molar-refractivity contribution in [3.8, 4) is 5.75 Å². The number of ether oxygens (including phenoxy) is 1. The first kappa shape index (κ1) is 24.0. The Labute approximate surface area is 170 Å². The van der Waals surface area contributed by atoms with E-state index >= 15 is 0 Å². The highest BCUT2D eigenvalue weighted by atomic mass is 127. The fourth-order valence-corrected chi connectivity index (χ4v) is 2.18. The highest BCUT2D eigenvalue weighted by molar-refractivity contribution is 14.0. The maximum absolute atomic E-state index is 5.21. The zero-order valence-corrected chi connectivity index (χ0v) is 19.0. The second-order valence-corrected chi connectivity index (χ2v) is 7.02. The van der Waals surface area contributed by atoms with Crippen molar-refractivity contribution in [1.29, 1.82) is 0 Å². The first-order valence-electron chi connectivity index (χ1n) is 8.56. The standard InChI is InChI=1S/C19H34N4O.HI/c1-15(16-8-10-17(24-7)11-9-16)12-13-21-18(20-4)22-14-19(2,3)23(5)6;/h8-11,15H,12-14H2,1-7H3,(H2,20,21,22);1H. The number of hydrogen-bond donors (Lipinski definition) is 2. The monoisotopic (exact) mass is 462 g/mol. The van der Waals surface area contributed by atoms with E-state index < -0.39 is 0 Å². The van der Waals surface area contributed by atoms with Gasteiger partial charge in [-0.05, 0) is 58.0 Å². The van der Waals surface area contributed by atoms with E-state index in [0.717, 1.165) is 31.2 Å². The molecule has 0 radical (unpaired) electrons. The molecule has 0 bridgehead atoms. The Morgan fingerprint density at radius 3 is 2.28 bits per heavy atom. The average Bonchev–Trinajstić information content (AvgIpc) is 2.57. The van der Waals surface area contributed by atoms with Crippen LogP contribution in [0.1, 0.15) is 38.7 Å². The molecule has 2 N–H and O–H groups in total. The molecule has 25 heavy (non-hydrogen) atoms. The summed E-state index contributed by atoms with van der Waals surface area (Å²) in [7, 11) is 7.69. The summed E-state index contributed by atoms with van der Waals surface area (Å²) in [5.74, 6) is 2.24. The number of methoxy groups -OCH3 is 1. The molecule has 1 atom stereocenters. The van der Waals surface area contributed by atoms with Crippen molar-refractivity contribution >= 4 is 29.9 Å². The van der Waals surface area contributed by atoms with Crippen molar-refractivity contribution < 1.29 is 4.74 Å². The normalized spacial score (nSPS) is 13.2. The van der Waals surface area contributed by atoms with Crippen LogP contribution in [0.4, 0.5) is 0 Å². The van der Waals surface area contributed by atoms with Crippen LogP contribution >= 0.6 is 24.0 Å². The lowest BCUT2D eigenvalue weighted by molar-refractivity contribution is 0.197. The molecule has 0 aliphatic rings. The summed E-state index contributed by atoms with van der Waals surface area (Å²) in [5.41, 5.74) is 1.41. The fraction of sp³-hybridized carbons (Fsp3) is 0.632. The lowest BCUT2D eigenvalue weighted by Crippen LogP contribution is -2.51. The van der Waals surface area contributed by atoms with E-state index in [4.69, 9.17) is 4.74 Å². The van der Waals surface area contributed by atoms with Crippen LogP contribution in [0.15, 0.2) is 29.3 Å². The largest absolute Gasteiger partial charge is 0.497 e. The summed E-state index contributed by atoms with van der Waals surface area (Å²) in [6, 6.07) is 8.30. The second kappa shape index (κ2) is 11.6. The van der Waals surface area contributed by atoms with E-state index in [1.54, 1.807) is 7.11 Å². The van der Waals surface area contributed by atoms with Gasteiger partial charge in [-0.1, -0.05) is 19.1 Å². The predicted octanol–water partition coefficient (Wildman–Crippen LogP) is 3.31. The van der Waals surface area contributed by atoms with E-state index in [1.807, 2.05) is 19.2 Å². The Kier molecular flexibility index (Phi) is 11.1. The highest BCUT2D eigenvalue weighted by Gasteiger charge is 2.20. The molecule has 0 saturated heterocycles. The van der Waals surface area contributed by atoms with Gasteiger partial charge in [-0.3, -0.25) is 4.99 Å². The fourth-order valence-electron chi connectivity index (χ4n) is 2.18. The summed E-state index contributed by atoms with van der Waals surface area (Å²) < 4.78 is 5.21. The SMILES string of the molecule is CN=C(NCCC(C)c1ccc(OC)cc1)NCC(C)(C)N(C)C.I. The van der Waals surface area contributed by atoms with Crippen molar-refractivity contribution in [2.24, 2.45) is 4.99 Å². The number of aliphatic imine (C=N–C) groups is 1. The number of likely N-dealkylation sites (N-methyl/N-ethyl adjacent to an activating group) is 1. The Hall–Kier alpha value is -1.02. The third kappa shape index (κ3) is 8.27. The summed E-state index contributed by atoms with van der Waals surface area (Å²) in [6.45, 7) is 8.38. The van der Waals surface area contributed by atoms with Crippen LogP contribution in [0.2, 0.25) is 0 Å². The summed E-state index contributed by atoms with van der Waals surface area (Å²) in [4.78, 5) is 6.51. The van der Waals surface area contributed by atoms with Gasteiger partial charge in [0.1, 0.15) is 5.75 Å². The maximum atomic E-state index is 5.21. The molecule has 0 aliphatic carbocycles. The maximum Gasteiger partial charge on any atom is 0.191 e. The molecule has 5 nitrogen and oxygen atoms in total. The lowest BCUT2D eigenvalue weighted by Gasteiger charge is -2.33. The number of benzene rings is 1. The van der Waals surface area contributed by atoms with Crippen molar-refractivity contribution in [3.05, 3.63) is 29.8 Å². The highest BCUT2D eigenvalue weighted by Crippen LogP contribution is 2.21. The minimum atomic E-state index is 0. The Balaban J connectivity index is 0.00000576. The summed E-state index contributed by atoms with van der Waals surface area (Å²) in [5, 5.41) is 6.80. The molecule has 1 aromatic carbocycles. The number of nitrogens with one attached hydrogen (secondary N) is 2. The van der Waals surface area contributed by atoms with Crippen molar-refractivity contribution in [2.75, 3.05) is 41.3 Å². The van der Waals surface area contributed by atoms with E-state index in [-0.39, 0.29) is 29.5 Å². The van der Waals surface area contributed by atoms with Crippen LogP contribution in [-0.2, 0) is 0 Å². The van der Waals surface area contributed by atoms with E-state index in [2.05, 4.69) is 67.5 Å². The second-order valence-electron chi connectivity index (χ2n) is 7.02. The molecule has 0 fully saturated rings. The molecule has 6 heteroatoms. The zero-order chi connectivity index (χ0) is 18.2. The number of nitrogens with zero attached hydrogens (tertiary/aromatic N) is 2. The quantitative estimate of drug-likeness (QED) is 0.354.